The maximum atomic E-state index is 12.0. The molecule has 26 heavy (non-hydrogen) atoms. The lowest BCUT2D eigenvalue weighted by molar-refractivity contribution is -0.119. The van der Waals surface area contributed by atoms with Gasteiger partial charge >= 0.3 is 6.09 Å². The van der Waals surface area contributed by atoms with Crippen molar-refractivity contribution in [1.29, 1.82) is 0 Å². The van der Waals surface area contributed by atoms with Gasteiger partial charge < -0.3 is 10.1 Å². The Labute approximate surface area is 154 Å². The van der Waals surface area contributed by atoms with Crippen molar-refractivity contribution in [3.63, 3.8) is 0 Å². The zero-order valence-electron chi connectivity index (χ0n) is 14.6. The van der Waals surface area contributed by atoms with Crippen molar-refractivity contribution in [2.75, 3.05) is 24.2 Å². The molecule has 0 aromatic heterocycles. The van der Waals surface area contributed by atoms with Crippen LogP contribution in [-0.2, 0) is 20.3 Å². The lowest BCUT2D eigenvalue weighted by Gasteiger charge is -2.14. The highest BCUT2D eigenvalue weighted by Gasteiger charge is 2.32. The summed E-state index contributed by atoms with van der Waals surface area (Å²) in [4.78, 5) is 25.4. The molecule has 3 rings (SSSR count). The van der Waals surface area contributed by atoms with E-state index in [-0.39, 0.29) is 12.0 Å². The van der Waals surface area contributed by atoms with Gasteiger partial charge in [-0.05, 0) is 35.4 Å². The fraction of sp³-hybridized carbons (Fsp3) is 0.263. The molecule has 0 spiro atoms. The first-order valence-corrected chi connectivity index (χ1v) is 9.76. The number of hydrogen-bond acceptors (Lipinski definition) is 4. The summed E-state index contributed by atoms with van der Waals surface area (Å²) >= 11 is 0. The molecule has 2 aromatic rings. The quantitative estimate of drug-likeness (QED) is 0.875. The summed E-state index contributed by atoms with van der Waals surface area (Å²) in [5.41, 5.74) is 2.76. The predicted molar refractivity (Wildman–Crippen MR) is 101 cm³/mol. The second-order valence-corrected chi connectivity index (χ2v) is 7.46. The van der Waals surface area contributed by atoms with E-state index in [2.05, 4.69) is 5.32 Å². The van der Waals surface area contributed by atoms with Gasteiger partial charge in [-0.1, -0.05) is 24.3 Å². The zero-order valence-corrected chi connectivity index (χ0v) is 15.4. The van der Waals surface area contributed by atoms with E-state index < -0.39 is 16.9 Å². The molecular weight excluding hydrogens is 352 g/mol. The molecule has 1 fully saturated rings. The minimum atomic E-state index is -0.996. The van der Waals surface area contributed by atoms with E-state index in [0.717, 1.165) is 21.7 Å². The van der Waals surface area contributed by atoms with E-state index in [0.29, 0.717) is 13.1 Å². The Morgan fingerprint density at radius 3 is 2.27 bits per heavy atom. The molecule has 1 aliphatic rings. The van der Waals surface area contributed by atoms with Crippen LogP contribution < -0.4 is 10.2 Å². The van der Waals surface area contributed by atoms with Gasteiger partial charge in [0.25, 0.3) is 0 Å². The molecule has 1 aliphatic heterocycles. The Morgan fingerprint density at radius 1 is 1.15 bits per heavy atom. The predicted octanol–water partition coefficient (Wildman–Crippen LogP) is 2.55. The Kier molecular flexibility index (Phi) is 5.37. The number of carbonyl (C=O) groups is 2. The summed E-state index contributed by atoms with van der Waals surface area (Å²) in [5.74, 6) is -0.151. The van der Waals surface area contributed by atoms with E-state index >= 15 is 0 Å². The number of anilines is 1. The minimum Gasteiger partial charge on any atom is -0.442 e. The molecule has 1 heterocycles. The van der Waals surface area contributed by atoms with E-state index in [1.54, 1.807) is 11.2 Å². The normalized spacial score (nSPS) is 17.7. The first-order chi connectivity index (χ1) is 12.4. The second-order valence-electron chi connectivity index (χ2n) is 6.08. The number of amides is 2. The standard InChI is InChI=1S/C19H20N2O4S/c1-13(22)20-11-17-12-21(19(23)25-17)16-7-3-14(4-8-16)15-5-9-18(10-6-15)26(2)24/h3-10,17H,11-12H2,1-2H3,(H,20,22). The second kappa shape index (κ2) is 7.70. The lowest BCUT2D eigenvalue weighted by Crippen LogP contribution is -2.33. The van der Waals surface area contributed by atoms with Gasteiger partial charge in [-0.3, -0.25) is 13.9 Å². The van der Waals surface area contributed by atoms with Gasteiger partial charge in [-0.25, -0.2) is 4.79 Å². The number of rotatable bonds is 5. The maximum absolute atomic E-state index is 12.0. The summed E-state index contributed by atoms with van der Waals surface area (Å²) in [6.07, 6.45) is 0.884. The Balaban J connectivity index is 1.70. The van der Waals surface area contributed by atoms with Gasteiger partial charge in [-0.15, -0.1) is 0 Å². The molecule has 1 saturated heterocycles. The molecule has 2 aromatic carbocycles. The number of carbonyl (C=O) groups excluding carboxylic acids is 2. The lowest BCUT2D eigenvalue weighted by atomic mass is 10.1. The van der Waals surface area contributed by atoms with E-state index in [4.69, 9.17) is 4.74 Å². The van der Waals surface area contributed by atoms with Crippen LogP contribution in [0.4, 0.5) is 10.5 Å². The van der Waals surface area contributed by atoms with E-state index in [9.17, 15) is 13.8 Å². The van der Waals surface area contributed by atoms with Crippen molar-refractivity contribution in [2.45, 2.75) is 17.9 Å². The third-order valence-electron chi connectivity index (χ3n) is 4.15. The van der Waals surface area contributed by atoms with Crippen LogP contribution in [0, 0.1) is 0 Å². The smallest absolute Gasteiger partial charge is 0.414 e. The van der Waals surface area contributed by atoms with Crippen LogP contribution in [0.2, 0.25) is 0 Å². The molecular formula is C19H20N2O4S. The number of ether oxygens (including phenoxy) is 1. The van der Waals surface area contributed by atoms with Crippen molar-refractivity contribution in [2.24, 2.45) is 0 Å². The van der Waals surface area contributed by atoms with Crippen LogP contribution in [0.5, 0.6) is 0 Å². The van der Waals surface area contributed by atoms with Gasteiger partial charge in [0.1, 0.15) is 6.10 Å². The molecule has 0 aliphatic carbocycles. The van der Waals surface area contributed by atoms with Crippen LogP contribution in [0.1, 0.15) is 6.92 Å². The summed E-state index contributed by atoms with van der Waals surface area (Å²) in [7, 11) is -0.996. The summed E-state index contributed by atoms with van der Waals surface area (Å²) in [5, 5.41) is 2.66. The Morgan fingerprint density at radius 2 is 1.73 bits per heavy atom. The van der Waals surface area contributed by atoms with Crippen LogP contribution in [0.3, 0.4) is 0 Å². The zero-order chi connectivity index (χ0) is 18.7. The molecule has 2 atom stereocenters. The fourth-order valence-corrected chi connectivity index (χ4v) is 3.29. The molecule has 0 radical (unpaired) electrons. The van der Waals surface area contributed by atoms with Gasteiger partial charge in [0, 0.05) is 34.6 Å². The third kappa shape index (κ3) is 4.11. The average Bonchev–Trinajstić information content (AvgIpc) is 3.01. The number of nitrogens with zero attached hydrogens (tertiary/aromatic N) is 1. The number of cyclic esters (lactones) is 1. The highest BCUT2D eigenvalue weighted by Crippen LogP contribution is 2.26. The Bertz CT molecular complexity index is 834. The molecule has 0 saturated carbocycles. The van der Waals surface area contributed by atoms with Gasteiger partial charge in [0.15, 0.2) is 0 Å². The highest BCUT2D eigenvalue weighted by atomic mass is 32.2. The average molecular weight is 372 g/mol. The summed E-state index contributed by atoms with van der Waals surface area (Å²) in [6.45, 7) is 2.13. The minimum absolute atomic E-state index is 0.151. The SMILES string of the molecule is CC(=O)NCC1CN(c2ccc(-c3ccc(S(C)=O)cc3)cc2)C(=O)O1. The molecule has 0 bridgehead atoms. The van der Waals surface area contributed by atoms with Crippen LogP contribution >= 0.6 is 0 Å². The highest BCUT2D eigenvalue weighted by molar-refractivity contribution is 7.84. The molecule has 2 amide bonds. The molecule has 7 heteroatoms. The largest absolute Gasteiger partial charge is 0.442 e. The van der Waals surface area contributed by atoms with Crippen LogP contribution in [0.25, 0.3) is 11.1 Å². The monoisotopic (exact) mass is 372 g/mol. The van der Waals surface area contributed by atoms with Crippen LogP contribution in [0.15, 0.2) is 53.4 Å². The maximum Gasteiger partial charge on any atom is 0.414 e. The number of benzene rings is 2. The van der Waals surface area contributed by atoms with Gasteiger partial charge in [-0.2, -0.15) is 0 Å². The summed E-state index contributed by atoms with van der Waals surface area (Å²) < 4.78 is 16.7. The first-order valence-electron chi connectivity index (χ1n) is 8.20. The first kappa shape index (κ1) is 18.1. The van der Waals surface area contributed by atoms with Crippen LogP contribution in [-0.4, -0.2) is 41.7 Å². The Hall–Kier alpha value is -2.67. The van der Waals surface area contributed by atoms with Gasteiger partial charge in [0.05, 0.1) is 13.1 Å². The number of hydrogen-bond donors (Lipinski definition) is 1. The molecule has 2 unspecified atom stereocenters. The topological polar surface area (TPSA) is 75.7 Å². The van der Waals surface area contributed by atoms with Crippen molar-refractivity contribution in [1.82, 2.24) is 5.32 Å². The van der Waals surface area contributed by atoms with E-state index in [1.807, 2.05) is 48.5 Å². The fourth-order valence-electron chi connectivity index (χ4n) is 2.77. The number of nitrogens with one attached hydrogen (secondary N) is 1. The van der Waals surface area contributed by atoms with Crippen molar-refractivity contribution in [3.8, 4) is 11.1 Å². The van der Waals surface area contributed by atoms with Gasteiger partial charge in [0.2, 0.25) is 5.91 Å². The summed E-state index contributed by atoms with van der Waals surface area (Å²) in [6, 6.07) is 15.2. The molecule has 1 N–H and O–H groups in total. The van der Waals surface area contributed by atoms with Crippen molar-refractivity contribution >= 4 is 28.5 Å². The molecule has 136 valence electrons. The molecule has 6 nitrogen and oxygen atoms in total. The van der Waals surface area contributed by atoms with E-state index in [1.165, 1.54) is 6.92 Å². The van der Waals surface area contributed by atoms with Crippen molar-refractivity contribution in [3.05, 3.63) is 48.5 Å². The van der Waals surface area contributed by atoms with Crippen molar-refractivity contribution < 1.29 is 18.5 Å². The third-order valence-corrected chi connectivity index (χ3v) is 5.09.